The standard InChI is InChI=1S/C24H41IOSi/c1-7-22(20-25)23-17-14-16-21(19-23)15-12-11-13-18-24(5,6)26-27(8-2,9-3)10-4/h14,16-17,19-20H,7-13,15,18H2,1-6H3/b22-20+. The Hall–Kier alpha value is -0.133. The highest BCUT2D eigenvalue weighted by Crippen LogP contribution is 2.30. The lowest BCUT2D eigenvalue weighted by Crippen LogP contribution is -2.44. The second-order valence-corrected chi connectivity index (χ2v) is 13.7. The lowest BCUT2D eigenvalue weighted by atomic mass is 9.97. The average Bonchev–Trinajstić information content (AvgIpc) is 2.67. The van der Waals surface area contributed by atoms with Crippen molar-refractivity contribution in [3.05, 3.63) is 39.5 Å². The molecule has 0 unspecified atom stereocenters. The predicted octanol–water partition coefficient (Wildman–Crippen LogP) is 8.78. The maximum Gasteiger partial charge on any atom is 0.192 e. The van der Waals surface area contributed by atoms with Crippen LogP contribution in [0.5, 0.6) is 0 Å². The van der Waals surface area contributed by atoms with E-state index >= 15 is 0 Å². The molecule has 0 aliphatic rings. The number of rotatable bonds is 13. The summed E-state index contributed by atoms with van der Waals surface area (Å²) in [4.78, 5) is 0. The first-order valence-corrected chi connectivity index (χ1v) is 14.7. The third kappa shape index (κ3) is 8.41. The fourth-order valence-corrected chi connectivity index (χ4v) is 7.94. The SMILES string of the molecule is CC/C(=C\I)c1cccc(CCCCCC(C)(C)O[Si](CC)(CC)CC)c1. The monoisotopic (exact) mass is 500 g/mol. The molecule has 154 valence electrons. The van der Waals surface area contributed by atoms with Crippen molar-refractivity contribution < 1.29 is 4.43 Å². The lowest BCUT2D eigenvalue weighted by molar-refractivity contribution is 0.0828. The number of hydrogen-bond acceptors (Lipinski definition) is 1. The number of aryl methyl sites for hydroxylation is 1. The van der Waals surface area contributed by atoms with Crippen molar-refractivity contribution >= 4 is 36.5 Å². The molecule has 0 aliphatic carbocycles. The van der Waals surface area contributed by atoms with E-state index in [1.807, 2.05) is 0 Å². The quantitative estimate of drug-likeness (QED) is 0.149. The van der Waals surface area contributed by atoms with Gasteiger partial charge in [0.2, 0.25) is 0 Å². The zero-order valence-electron chi connectivity index (χ0n) is 18.5. The van der Waals surface area contributed by atoms with E-state index in [1.165, 1.54) is 66.9 Å². The molecule has 1 nitrogen and oxygen atoms in total. The highest BCUT2D eigenvalue weighted by atomic mass is 127. The van der Waals surface area contributed by atoms with Crippen LogP contribution >= 0.6 is 22.6 Å². The number of allylic oxidation sites excluding steroid dienone is 1. The van der Waals surface area contributed by atoms with Gasteiger partial charge in [0, 0.05) is 0 Å². The summed E-state index contributed by atoms with van der Waals surface area (Å²) in [6.07, 6.45) is 7.29. The molecule has 0 heterocycles. The molecule has 0 bridgehead atoms. The van der Waals surface area contributed by atoms with Crippen LogP contribution in [-0.2, 0) is 10.8 Å². The van der Waals surface area contributed by atoms with Crippen molar-refractivity contribution in [3.8, 4) is 0 Å². The number of unbranched alkanes of at least 4 members (excludes halogenated alkanes) is 2. The van der Waals surface area contributed by atoms with Crippen molar-refractivity contribution in [2.75, 3.05) is 0 Å². The van der Waals surface area contributed by atoms with E-state index < -0.39 is 8.32 Å². The van der Waals surface area contributed by atoms with Crippen LogP contribution in [0.25, 0.3) is 5.57 Å². The van der Waals surface area contributed by atoms with E-state index in [1.54, 1.807) is 0 Å². The Kier molecular flexibility index (Phi) is 11.5. The minimum absolute atomic E-state index is 0.0370. The molecule has 0 radical (unpaired) electrons. The van der Waals surface area contributed by atoms with Gasteiger partial charge in [-0.3, -0.25) is 0 Å². The van der Waals surface area contributed by atoms with Crippen LogP contribution in [0.1, 0.15) is 84.8 Å². The molecule has 1 aromatic rings. The van der Waals surface area contributed by atoms with Gasteiger partial charge in [0.05, 0.1) is 5.60 Å². The molecular formula is C24H41IOSi. The molecule has 0 N–H and O–H groups in total. The largest absolute Gasteiger partial charge is 0.412 e. The van der Waals surface area contributed by atoms with E-state index in [9.17, 15) is 0 Å². The summed E-state index contributed by atoms with van der Waals surface area (Å²) in [5, 5.41) is 0. The van der Waals surface area contributed by atoms with E-state index in [0.29, 0.717) is 0 Å². The third-order valence-corrected chi connectivity index (χ3v) is 11.6. The van der Waals surface area contributed by atoms with Crippen molar-refractivity contribution in [3.63, 3.8) is 0 Å². The van der Waals surface area contributed by atoms with Gasteiger partial charge in [-0.25, -0.2) is 0 Å². The van der Waals surface area contributed by atoms with E-state index in [4.69, 9.17) is 4.43 Å². The van der Waals surface area contributed by atoms with E-state index in [2.05, 4.69) is 92.5 Å². The summed E-state index contributed by atoms with van der Waals surface area (Å²) in [7, 11) is -1.50. The summed E-state index contributed by atoms with van der Waals surface area (Å²) >= 11 is 2.36. The van der Waals surface area contributed by atoms with Crippen LogP contribution < -0.4 is 0 Å². The third-order valence-electron chi connectivity index (χ3n) is 5.98. The van der Waals surface area contributed by atoms with Crippen LogP contribution in [0.2, 0.25) is 18.1 Å². The van der Waals surface area contributed by atoms with Gasteiger partial charge in [0.15, 0.2) is 8.32 Å². The van der Waals surface area contributed by atoms with Gasteiger partial charge in [0.25, 0.3) is 0 Å². The summed E-state index contributed by atoms with van der Waals surface area (Å²) < 4.78 is 8.95. The van der Waals surface area contributed by atoms with Crippen molar-refractivity contribution in [1.29, 1.82) is 0 Å². The normalized spacial score (nSPS) is 13.2. The van der Waals surface area contributed by atoms with Crippen molar-refractivity contribution in [1.82, 2.24) is 0 Å². The topological polar surface area (TPSA) is 9.23 Å². The van der Waals surface area contributed by atoms with Gasteiger partial charge in [-0.15, -0.1) is 0 Å². The molecule has 1 rings (SSSR count). The summed E-state index contributed by atoms with van der Waals surface area (Å²) in [6.45, 7) is 13.8. The van der Waals surface area contributed by atoms with Crippen LogP contribution in [0.4, 0.5) is 0 Å². The molecular weight excluding hydrogens is 459 g/mol. The maximum atomic E-state index is 6.74. The van der Waals surface area contributed by atoms with Crippen LogP contribution in [-0.4, -0.2) is 13.9 Å². The first-order chi connectivity index (χ1) is 12.8. The Bertz CT molecular complexity index is 567. The molecule has 0 aliphatic heterocycles. The Morgan fingerprint density at radius 3 is 2.26 bits per heavy atom. The van der Waals surface area contributed by atoms with Crippen molar-refractivity contribution in [2.45, 2.75) is 104 Å². The van der Waals surface area contributed by atoms with E-state index in [0.717, 1.165) is 6.42 Å². The fourth-order valence-electron chi connectivity index (χ4n) is 3.93. The summed E-state index contributed by atoms with van der Waals surface area (Å²) in [5.74, 6) is 0. The Morgan fingerprint density at radius 1 is 1.04 bits per heavy atom. The van der Waals surface area contributed by atoms with Gasteiger partial charge >= 0.3 is 0 Å². The number of hydrogen-bond donors (Lipinski definition) is 0. The highest BCUT2D eigenvalue weighted by Gasteiger charge is 2.35. The Morgan fingerprint density at radius 2 is 1.70 bits per heavy atom. The number of halogens is 1. The summed E-state index contributed by atoms with van der Waals surface area (Å²) in [5.41, 5.74) is 4.34. The smallest absolute Gasteiger partial charge is 0.192 e. The molecule has 0 saturated carbocycles. The molecule has 1 aromatic carbocycles. The van der Waals surface area contributed by atoms with Gasteiger partial charge in [0.1, 0.15) is 0 Å². The van der Waals surface area contributed by atoms with Crippen LogP contribution in [0, 0.1) is 0 Å². The Balaban J connectivity index is 2.45. The highest BCUT2D eigenvalue weighted by molar-refractivity contribution is 14.1. The minimum atomic E-state index is -1.50. The first-order valence-electron chi connectivity index (χ1n) is 10.9. The van der Waals surface area contributed by atoms with Gasteiger partial charge in [-0.05, 0) is 78.4 Å². The molecule has 3 heteroatoms. The van der Waals surface area contributed by atoms with Gasteiger partial charge in [-0.1, -0.05) is 87.4 Å². The lowest BCUT2D eigenvalue weighted by Gasteiger charge is -2.38. The van der Waals surface area contributed by atoms with Gasteiger partial charge in [-0.2, -0.15) is 0 Å². The minimum Gasteiger partial charge on any atom is -0.412 e. The molecule has 0 atom stereocenters. The molecule has 0 spiro atoms. The fraction of sp³-hybridized carbons (Fsp3) is 0.667. The average molecular weight is 501 g/mol. The second-order valence-electron chi connectivity index (χ2n) is 8.35. The molecule has 0 aromatic heterocycles. The molecule has 0 amide bonds. The molecule has 27 heavy (non-hydrogen) atoms. The Labute approximate surface area is 183 Å². The summed E-state index contributed by atoms with van der Waals surface area (Å²) in [6, 6.07) is 12.8. The van der Waals surface area contributed by atoms with Crippen LogP contribution in [0.15, 0.2) is 28.3 Å². The maximum absolute atomic E-state index is 6.74. The number of benzene rings is 1. The first kappa shape index (κ1) is 24.9. The van der Waals surface area contributed by atoms with Crippen molar-refractivity contribution in [2.24, 2.45) is 0 Å². The second kappa shape index (κ2) is 12.4. The zero-order chi connectivity index (χ0) is 20.3. The molecule has 0 saturated heterocycles. The van der Waals surface area contributed by atoms with Gasteiger partial charge < -0.3 is 4.43 Å². The van der Waals surface area contributed by atoms with Crippen LogP contribution in [0.3, 0.4) is 0 Å². The predicted molar refractivity (Wildman–Crippen MR) is 133 cm³/mol. The molecule has 0 fully saturated rings. The van der Waals surface area contributed by atoms with E-state index in [-0.39, 0.29) is 5.60 Å². The zero-order valence-corrected chi connectivity index (χ0v) is 21.7.